The zero-order valence-corrected chi connectivity index (χ0v) is 11.6. The molecule has 0 unspecified atom stereocenters. The molecule has 0 saturated carbocycles. The van der Waals surface area contributed by atoms with Crippen molar-refractivity contribution >= 4 is 25.7 Å². The lowest BCUT2D eigenvalue weighted by Crippen LogP contribution is -2.43. The number of sulfone groups is 1. The van der Waals surface area contributed by atoms with Gasteiger partial charge in [-0.15, -0.1) is 0 Å². The van der Waals surface area contributed by atoms with Crippen molar-refractivity contribution in [3.05, 3.63) is 0 Å². The molecule has 0 aromatic heterocycles. The minimum atomic E-state index is -3.79. The van der Waals surface area contributed by atoms with Gasteiger partial charge in [-0.3, -0.25) is 0 Å². The Labute approximate surface area is 106 Å². The summed E-state index contributed by atoms with van der Waals surface area (Å²) in [6, 6.07) is 0. The fourth-order valence-corrected chi connectivity index (χ4v) is 5.38. The molecule has 0 atom stereocenters. The Morgan fingerprint density at radius 1 is 1.33 bits per heavy atom. The van der Waals surface area contributed by atoms with Gasteiger partial charge < -0.3 is 10.9 Å². The highest BCUT2D eigenvalue weighted by Crippen LogP contribution is 2.20. The average molecular weight is 299 g/mol. The minimum absolute atomic E-state index is 0.0789. The van der Waals surface area contributed by atoms with Crippen LogP contribution in [0.4, 0.5) is 0 Å². The van der Waals surface area contributed by atoms with Gasteiger partial charge in [-0.05, 0) is 12.8 Å². The van der Waals surface area contributed by atoms with Crippen molar-refractivity contribution in [1.29, 1.82) is 0 Å². The van der Waals surface area contributed by atoms with Crippen molar-refractivity contribution in [2.75, 3.05) is 24.4 Å². The summed E-state index contributed by atoms with van der Waals surface area (Å²) in [5.74, 6) is -0.0881. The molecule has 106 valence electrons. The van der Waals surface area contributed by atoms with Gasteiger partial charge in [-0.2, -0.15) is 0 Å². The standard InChI is InChI=1S/C8H17N3O5S2/c1-17(13,14)6-18(15,16)11-4-2-7(3-5-11)8(9)10-12/h7,12H,2-6H2,1H3,(H2,9,10). The largest absolute Gasteiger partial charge is 0.409 e. The van der Waals surface area contributed by atoms with Crippen LogP contribution < -0.4 is 5.73 Å². The maximum atomic E-state index is 11.8. The highest BCUT2D eigenvalue weighted by Gasteiger charge is 2.31. The second-order valence-corrected chi connectivity index (χ2v) is 8.83. The number of rotatable bonds is 4. The molecule has 1 aliphatic heterocycles. The van der Waals surface area contributed by atoms with Gasteiger partial charge in [0.1, 0.15) is 5.84 Å². The van der Waals surface area contributed by atoms with Gasteiger partial charge >= 0.3 is 0 Å². The van der Waals surface area contributed by atoms with Gasteiger partial charge in [-0.25, -0.2) is 21.1 Å². The van der Waals surface area contributed by atoms with Crippen LogP contribution in [-0.2, 0) is 19.9 Å². The van der Waals surface area contributed by atoms with Crippen LogP contribution in [-0.4, -0.2) is 56.6 Å². The van der Waals surface area contributed by atoms with Crippen LogP contribution in [0.25, 0.3) is 0 Å². The van der Waals surface area contributed by atoms with Gasteiger partial charge in [-0.1, -0.05) is 5.16 Å². The van der Waals surface area contributed by atoms with Crippen LogP contribution in [0.2, 0.25) is 0 Å². The Balaban J connectivity index is 2.69. The molecule has 10 heteroatoms. The van der Waals surface area contributed by atoms with Gasteiger partial charge in [0.15, 0.2) is 14.9 Å². The first-order chi connectivity index (χ1) is 8.15. The van der Waals surface area contributed by atoms with E-state index in [9.17, 15) is 16.8 Å². The van der Waals surface area contributed by atoms with E-state index in [4.69, 9.17) is 10.9 Å². The normalized spacial score (nSPS) is 21.1. The predicted molar refractivity (Wildman–Crippen MR) is 66.3 cm³/mol. The molecule has 0 radical (unpaired) electrons. The lowest BCUT2D eigenvalue weighted by molar-refractivity contribution is 0.291. The van der Waals surface area contributed by atoms with Crippen molar-refractivity contribution in [3.63, 3.8) is 0 Å². The molecule has 1 heterocycles. The molecule has 0 aliphatic carbocycles. The lowest BCUT2D eigenvalue weighted by Gasteiger charge is -2.30. The zero-order valence-electron chi connectivity index (χ0n) is 9.98. The van der Waals surface area contributed by atoms with E-state index in [1.54, 1.807) is 0 Å². The van der Waals surface area contributed by atoms with E-state index in [-0.39, 0.29) is 24.8 Å². The average Bonchev–Trinajstić information content (AvgIpc) is 2.25. The molecule has 3 N–H and O–H groups in total. The topological polar surface area (TPSA) is 130 Å². The van der Waals surface area contributed by atoms with E-state index >= 15 is 0 Å². The summed E-state index contributed by atoms with van der Waals surface area (Å²) in [5.41, 5.74) is 5.44. The zero-order chi connectivity index (χ0) is 14.0. The number of nitrogens with zero attached hydrogens (tertiary/aromatic N) is 2. The summed E-state index contributed by atoms with van der Waals surface area (Å²) in [6.07, 6.45) is 1.71. The maximum Gasteiger partial charge on any atom is 0.228 e. The summed E-state index contributed by atoms with van der Waals surface area (Å²) >= 11 is 0. The Morgan fingerprint density at radius 3 is 2.22 bits per heavy atom. The van der Waals surface area contributed by atoms with Crippen molar-refractivity contribution in [2.24, 2.45) is 16.8 Å². The first-order valence-electron chi connectivity index (χ1n) is 5.28. The molecule has 1 saturated heterocycles. The monoisotopic (exact) mass is 299 g/mol. The first-order valence-corrected chi connectivity index (χ1v) is 8.95. The molecule has 0 aromatic rings. The van der Waals surface area contributed by atoms with E-state index in [0.717, 1.165) is 10.6 Å². The molecule has 1 aliphatic rings. The number of sulfonamides is 1. The van der Waals surface area contributed by atoms with Gasteiger partial charge in [0.05, 0.1) is 0 Å². The Kier molecular flexibility index (Phi) is 4.56. The molecule has 1 rings (SSSR count). The summed E-state index contributed by atoms with van der Waals surface area (Å²) < 4.78 is 46.8. The number of oxime groups is 1. The molecule has 18 heavy (non-hydrogen) atoms. The fraction of sp³-hybridized carbons (Fsp3) is 0.875. The minimum Gasteiger partial charge on any atom is -0.409 e. The molecule has 8 nitrogen and oxygen atoms in total. The quantitative estimate of drug-likeness (QED) is 0.289. The highest BCUT2D eigenvalue weighted by molar-refractivity contribution is 8.06. The molecule has 0 aromatic carbocycles. The van der Waals surface area contributed by atoms with E-state index < -0.39 is 24.9 Å². The van der Waals surface area contributed by atoms with Crippen LogP contribution in [0.15, 0.2) is 5.16 Å². The third kappa shape index (κ3) is 4.10. The second-order valence-electron chi connectivity index (χ2n) is 4.35. The molecular formula is C8H17N3O5S2. The Bertz CT molecular complexity index is 517. The van der Waals surface area contributed by atoms with Gasteiger partial charge in [0.2, 0.25) is 10.0 Å². The van der Waals surface area contributed by atoms with Gasteiger partial charge in [0.25, 0.3) is 0 Å². The molecule has 1 fully saturated rings. The number of hydrogen-bond acceptors (Lipinski definition) is 6. The maximum absolute atomic E-state index is 11.8. The van der Waals surface area contributed by atoms with E-state index in [1.165, 1.54) is 0 Å². The molecule has 0 amide bonds. The molecule has 0 bridgehead atoms. The smallest absolute Gasteiger partial charge is 0.228 e. The third-order valence-corrected chi connectivity index (χ3v) is 6.80. The lowest BCUT2D eigenvalue weighted by atomic mass is 9.97. The van der Waals surface area contributed by atoms with Crippen molar-refractivity contribution in [3.8, 4) is 0 Å². The summed E-state index contributed by atoms with van der Waals surface area (Å²) in [7, 11) is -7.38. The second kappa shape index (κ2) is 5.41. The predicted octanol–water partition coefficient (Wildman–Crippen LogP) is -1.22. The van der Waals surface area contributed by atoms with Crippen molar-refractivity contribution in [2.45, 2.75) is 12.8 Å². The number of nitrogens with two attached hydrogens (primary N) is 1. The summed E-state index contributed by atoms with van der Waals surface area (Å²) in [5, 5.41) is 10.5. The number of hydrogen-bond donors (Lipinski definition) is 2. The summed E-state index contributed by atoms with van der Waals surface area (Å²) in [6.45, 7) is 0.359. The van der Waals surface area contributed by atoms with Gasteiger partial charge in [0, 0.05) is 25.3 Å². The fourth-order valence-electron chi connectivity index (χ4n) is 1.86. The number of piperidine rings is 1. The Hall–Kier alpha value is -0.870. The first kappa shape index (κ1) is 15.2. The van der Waals surface area contributed by atoms with E-state index in [2.05, 4.69) is 5.16 Å². The third-order valence-electron chi connectivity index (χ3n) is 2.74. The Morgan fingerprint density at radius 2 is 1.83 bits per heavy atom. The molecular weight excluding hydrogens is 282 g/mol. The van der Waals surface area contributed by atoms with Crippen molar-refractivity contribution < 1.29 is 22.0 Å². The van der Waals surface area contributed by atoms with E-state index in [1.807, 2.05) is 0 Å². The number of amidine groups is 1. The molecule has 0 spiro atoms. The van der Waals surface area contributed by atoms with Crippen LogP contribution >= 0.6 is 0 Å². The van der Waals surface area contributed by atoms with Crippen LogP contribution in [0.3, 0.4) is 0 Å². The van der Waals surface area contributed by atoms with Crippen LogP contribution in [0.5, 0.6) is 0 Å². The summed E-state index contributed by atoms with van der Waals surface area (Å²) in [4.78, 5) is 0. The van der Waals surface area contributed by atoms with E-state index in [0.29, 0.717) is 12.8 Å². The highest BCUT2D eigenvalue weighted by atomic mass is 32.3. The van der Waals surface area contributed by atoms with Crippen LogP contribution in [0, 0.1) is 5.92 Å². The SMILES string of the molecule is CS(=O)(=O)CS(=O)(=O)N1CCC(C(N)=NO)CC1. The van der Waals surface area contributed by atoms with Crippen LogP contribution in [0.1, 0.15) is 12.8 Å². The van der Waals surface area contributed by atoms with Crippen molar-refractivity contribution in [1.82, 2.24) is 4.31 Å².